The molecule has 1 aliphatic rings. The van der Waals surface area contributed by atoms with E-state index in [1.54, 1.807) is 70.2 Å². The molecule has 4 atom stereocenters. The van der Waals surface area contributed by atoms with E-state index in [0.717, 1.165) is 11.8 Å². The molecule has 2 aromatic carbocycles. The van der Waals surface area contributed by atoms with Crippen LogP contribution in [0.3, 0.4) is 0 Å². The number of nitrogens with zero attached hydrogens (tertiary/aromatic N) is 6. The van der Waals surface area contributed by atoms with Crippen molar-refractivity contribution < 1.29 is 27.1 Å². The summed E-state index contributed by atoms with van der Waals surface area (Å²) in [6, 6.07) is 12.5. The molecule has 11 nitrogen and oxygen atoms in total. The third-order valence-corrected chi connectivity index (χ3v) is 11.0. The number of hydrogen-bond donors (Lipinski definition) is 0. The Morgan fingerprint density at radius 2 is 1.76 bits per heavy atom. The molecule has 1 aromatic heterocycles. The number of carbonyl (C=O) groups excluding carboxylic acids is 2. The minimum atomic E-state index is -4.01. The highest BCUT2D eigenvalue weighted by Gasteiger charge is 2.43. The van der Waals surface area contributed by atoms with Gasteiger partial charge in [0.1, 0.15) is 23.2 Å². The topological polar surface area (TPSA) is 146 Å². The van der Waals surface area contributed by atoms with Gasteiger partial charge in [0, 0.05) is 53.6 Å². The van der Waals surface area contributed by atoms with Crippen molar-refractivity contribution in [3.8, 4) is 0 Å². The van der Waals surface area contributed by atoms with E-state index in [9.17, 15) is 23.5 Å². The molecule has 1 saturated heterocycles. The molecule has 0 unspecified atom stereocenters. The van der Waals surface area contributed by atoms with Gasteiger partial charge in [-0.15, -0.1) is 0 Å². The minimum absolute atomic E-state index is 0.0163. The van der Waals surface area contributed by atoms with Gasteiger partial charge in [-0.1, -0.05) is 60.9 Å². The van der Waals surface area contributed by atoms with Crippen LogP contribution in [0.5, 0.6) is 0 Å². The second kappa shape index (κ2) is 16.3. The molecule has 0 N–H and O–H groups in total. The number of rotatable bonds is 12. The van der Waals surface area contributed by atoms with Gasteiger partial charge in [0.25, 0.3) is 0 Å². The number of azide groups is 1. The van der Waals surface area contributed by atoms with Crippen LogP contribution in [0.1, 0.15) is 70.6 Å². The SMILES string of the molecule is CC(C)[C@H](c1ccc(Cl)cc1)[C@H](N=[N+]=[N-])C(=O)Cc1cncc(F)c1CC[C@H]1CN(C(=O)OC(C)(C)C)C[C@H](C)N1S(=O)(=O)c1ccccc1. The first-order chi connectivity index (χ1) is 23.5. The van der Waals surface area contributed by atoms with Gasteiger partial charge in [-0.25, -0.2) is 17.6 Å². The molecule has 3 aromatic rings. The molecule has 0 spiro atoms. The van der Waals surface area contributed by atoms with E-state index in [4.69, 9.17) is 16.3 Å². The summed E-state index contributed by atoms with van der Waals surface area (Å²) in [6.45, 7) is 10.9. The molecule has 14 heteroatoms. The fourth-order valence-electron chi connectivity index (χ4n) is 6.56. The molecule has 1 aliphatic heterocycles. The summed E-state index contributed by atoms with van der Waals surface area (Å²) in [6.07, 6.45) is 1.78. The van der Waals surface area contributed by atoms with E-state index in [2.05, 4.69) is 15.0 Å². The van der Waals surface area contributed by atoms with Gasteiger partial charge in [-0.2, -0.15) is 4.31 Å². The predicted octanol–water partition coefficient (Wildman–Crippen LogP) is 7.74. The van der Waals surface area contributed by atoms with Gasteiger partial charge in [-0.3, -0.25) is 9.78 Å². The van der Waals surface area contributed by atoms with Gasteiger partial charge in [-0.05, 0) is 92.9 Å². The van der Waals surface area contributed by atoms with Gasteiger partial charge < -0.3 is 9.64 Å². The van der Waals surface area contributed by atoms with Crippen LogP contribution in [0.4, 0.5) is 9.18 Å². The second-order valence-corrected chi connectivity index (χ2v) is 16.2. The summed E-state index contributed by atoms with van der Waals surface area (Å²) in [4.78, 5) is 35.6. The standard InChI is InChI=1S/C36H44ClFN6O5S/c1-23(2)33(25-12-14-27(37)15-13-25)34(41-42-39)32(45)18-26-19-40-20-31(38)30(26)17-16-28-22-43(35(46)49-36(4,5)6)21-24(3)44(28)50(47,48)29-10-8-7-9-11-29/h7-15,19-20,23-24,28,33-34H,16-18,21-22H2,1-6H3/t24-,28-,33+,34+/m0/s1. The minimum Gasteiger partial charge on any atom is -0.444 e. The van der Waals surface area contributed by atoms with E-state index in [1.165, 1.54) is 27.5 Å². The van der Waals surface area contributed by atoms with Crippen LogP contribution in [0.25, 0.3) is 10.4 Å². The number of carbonyl (C=O) groups is 2. The molecule has 0 saturated carbocycles. The number of hydrogen-bond acceptors (Lipinski definition) is 7. The monoisotopic (exact) mass is 726 g/mol. The van der Waals surface area contributed by atoms with Crippen molar-refractivity contribution in [3.05, 3.63) is 105 Å². The summed E-state index contributed by atoms with van der Waals surface area (Å²) in [5.41, 5.74) is 9.94. The summed E-state index contributed by atoms with van der Waals surface area (Å²) in [7, 11) is -4.01. The lowest BCUT2D eigenvalue weighted by molar-refractivity contribution is -0.120. The first-order valence-electron chi connectivity index (χ1n) is 16.5. The van der Waals surface area contributed by atoms with E-state index >= 15 is 4.39 Å². The van der Waals surface area contributed by atoms with E-state index in [0.29, 0.717) is 10.6 Å². The van der Waals surface area contributed by atoms with Crippen molar-refractivity contribution in [1.29, 1.82) is 0 Å². The highest BCUT2D eigenvalue weighted by molar-refractivity contribution is 7.89. The first kappa shape index (κ1) is 38.8. The zero-order valence-electron chi connectivity index (χ0n) is 29.2. The van der Waals surface area contributed by atoms with E-state index in [1.807, 2.05) is 13.8 Å². The van der Waals surface area contributed by atoms with Crippen LogP contribution >= 0.6 is 11.6 Å². The lowest BCUT2D eigenvalue weighted by Gasteiger charge is -2.44. The maximum atomic E-state index is 15.6. The Balaban J connectivity index is 1.65. The third kappa shape index (κ3) is 9.39. The van der Waals surface area contributed by atoms with Crippen molar-refractivity contribution in [1.82, 2.24) is 14.2 Å². The number of pyridine rings is 1. The maximum absolute atomic E-state index is 15.6. The van der Waals surface area contributed by atoms with Gasteiger partial charge in [0.05, 0.1) is 11.1 Å². The van der Waals surface area contributed by atoms with Crippen molar-refractivity contribution in [2.24, 2.45) is 11.0 Å². The fourth-order valence-corrected chi connectivity index (χ4v) is 8.53. The van der Waals surface area contributed by atoms with Crippen LogP contribution in [0.2, 0.25) is 5.02 Å². The number of benzene rings is 2. The molecular weight excluding hydrogens is 683 g/mol. The Morgan fingerprint density at radius 3 is 2.36 bits per heavy atom. The van der Waals surface area contributed by atoms with Crippen molar-refractivity contribution in [3.63, 3.8) is 0 Å². The number of Topliss-reactive ketones (excluding diaryl/α,β-unsaturated/α-hetero) is 1. The highest BCUT2D eigenvalue weighted by atomic mass is 35.5. The average molecular weight is 727 g/mol. The summed E-state index contributed by atoms with van der Waals surface area (Å²) in [5.74, 6) is -1.64. The third-order valence-electron chi connectivity index (χ3n) is 8.69. The number of ether oxygens (including phenoxy) is 1. The van der Waals surface area contributed by atoms with Crippen LogP contribution in [-0.2, 0) is 32.4 Å². The number of sulfonamides is 1. The number of ketones is 1. The lowest BCUT2D eigenvalue weighted by atomic mass is 9.80. The molecule has 4 rings (SSSR count). The van der Waals surface area contributed by atoms with Crippen LogP contribution in [0, 0.1) is 11.7 Å². The summed E-state index contributed by atoms with van der Waals surface area (Å²) < 4.78 is 50.6. The average Bonchev–Trinajstić information content (AvgIpc) is 3.04. The lowest BCUT2D eigenvalue weighted by Crippen LogP contribution is -2.61. The molecule has 0 aliphatic carbocycles. The molecule has 50 heavy (non-hydrogen) atoms. The summed E-state index contributed by atoms with van der Waals surface area (Å²) >= 11 is 6.09. The fraction of sp³-hybridized carbons (Fsp3) is 0.472. The van der Waals surface area contributed by atoms with E-state index in [-0.39, 0.29) is 48.7 Å². The predicted molar refractivity (Wildman–Crippen MR) is 190 cm³/mol. The Kier molecular flexibility index (Phi) is 12.7. The maximum Gasteiger partial charge on any atom is 0.410 e. The van der Waals surface area contributed by atoms with Crippen molar-refractivity contribution >= 4 is 33.5 Å². The Hall–Kier alpha value is -4.03. The normalized spacial score (nSPS) is 18.3. The van der Waals surface area contributed by atoms with Crippen LogP contribution in [-0.4, -0.2) is 71.3 Å². The Labute approximate surface area is 298 Å². The zero-order valence-corrected chi connectivity index (χ0v) is 30.7. The molecule has 1 amide bonds. The van der Waals surface area contributed by atoms with Crippen LogP contribution < -0.4 is 0 Å². The number of amides is 1. The van der Waals surface area contributed by atoms with Gasteiger partial charge >= 0.3 is 6.09 Å². The molecular formula is C36H44ClFN6O5S. The van der Waals surface area contributed by atoms with Crippen molar-refractivity contribution in [2.45, 2.75) is 95.3 Å². The number of halogens is 2. The molecule has 0 radical (unpaired) electrons. The van der Waals surface area contributed by atoms with Gasteiger partial charge in [0.2, 0.25) is 10.0 Å². The number of piperazine rings is 1. The number of aromatic nitrogens is 1. The molecule has 0 bridgehead atoms. The summed E-state index contributed by atoms with van der Waals surface area (Å²) in [5, 5.41) is 4.42. The highest BCUT2D eigenvalue weighted by Crippen LogP contribution is 2.33. The largest absolute Gasteiger partial charge is 0.444 e. The molecule has 1 fully saturated rings. The van der Waals surface area contributed by atoms with Crippen molar-refractivity contribution in [2.75, 3.05) is 13.1 Å². The van der Waals surface area contributed by atoms with Gasteiger partial charge in [0.15, 0.2) is 0 Å². The molecule has 2 heterocycles. The quantitative estimate of drug-likeness (QED) is 0.106. The van der Waals surface area contributed by atoms with Crippen LogP contribution in [0.15, 0.2) is 77.0 Å². The second-order valence-electron chi connectivity index (χ2n) is 13.9. The zero-order chi connectivity index (χ0) is 36.8. The smallest absolute Gasteiger partial charge is 0.410 e. The first-order valence-corrected chi connectivity index (χ1v) is 18.4. The Morgan fingerprint density at radius 1 is 1.10 bits per heavy atom. The molecule has 268 valence electrons. The Bertz CT molecular complexity index is 1810. The van der Waals surface area contributed by atoms with E-state index < -0.39 is 57.4 Å².